The Morgan fingerprint density at radius 3 is 2.60 bits per heavy atom. The van der Waals surface area contributed by atoms with Gasteiger partial charge in [0.05, 0.1) is 14.6 Å². The van der Waals surface area contributed by atoms with E-state index in [1.54, 1.807) is 0 Å². The average molecular weight is 436 g/mol. The molecule has 4 heterocycles. The van der Waals surface area contributed by atoms with Crippen LogP contribution >= 0.6 is 0 Å². The molecular formula is C17H11F3N6O3S. The van der Waals surface area contributed by atoms with Gasteiger partial charge in [-0.1, -0.05) is 5.16 Å². The van der Waals surface area contributed by atoms with Crippen molar-refractivity contribution in [3.8, 4) is 11.4 Å². The van der Waals surface area contributed by atoms with Crippen molar-refractivity contribution in [1.29, 1.82) is 0 Å². The van der Waals surface area contributed by atoms with Crippen LogP contribution in [0.25, 0.3) is 17.0 Å². The first kappa shape index (κ1) is 19.7. The van der Waals surface area contributed by atoms with Crippen LogP contribution in [0.2, 0.25) is 0 Å². The van der Waals surface area contributed by atoms with Gasteiger partial charge in [0.15, 0.2) is 0 Å². The van der Waals surface area contributed by atoms with Crippen molar-refractivity contribution in [2.75, 3.05) is 6.26 Å². The van der Waals surface area contributed by atoms with Gasteiger partial charge in [-0.15, -0.1) is 0 Å². The van der Waals surface area contributed by atoms with Crippen molar-refractivity contribution in [2.24, 2.45) is 4.36 Å². The number of amides is 1. The number of hydrogen-bond donors (Lipinski definition) is 0. The van der Waals surface area contributed by atoms with Gasteiger partial charge in [0.2, 0.25) is 5.82 Å². The van der Waals surface area contributed by atoms with E-state index in [-0.39, 0.29) is 22.7 Å². The Kier molecular flexibility index (Phi) is 4.61. The summed E-state index contributed by atoms with van der Waals surface area (Å²) in [7, 11) is -3.01. The summed E-state index contributed by atoms with van der Waals surface area (Å²) in [6, 6.07) is 5.81. The molecule has 4 aromatic rings. The van der Waals surface area contributed by atoms with Gasteiger partial charge in [0.1, 0.15) is 11.3 Å². The van der Waals surface area contributed by atoms with Crippen LogP contribution in [-0.4, -0.2) is 40.9 Å². The monoisotopic (exact) mass is 436 g/mol. The molecule has 30 heavy (non-hydrogen) atoms. The van der Waals surface area contributed by atoms with Crippen molar-refractivity contribution >= 4 is 21.3 Å². The van der Waals surface area contributed by atoms with Gasteiger partial charge in [-0.2, -0.15) is 22.5 Å². The number of nitrogens with zero attached hydrogens (tertiary/aromatic N) is 6. The third-order valence-corrected chi connectivity index (χ3v) is 5.61. The normalized spacial score (nSPS) is 13.9. The van der Waals surface area contributed by atoms with Crippen molar-refractivity contribution in [3.63, 3.8) is 0 Å². The lowest BCUT2D eigenvalue weighted by Crippen LogP contribution is -2.04. The number of imidazole rings is 1. The molecule has 0 aliphatic carbocycles. The molecule has 0 saturated carbocycles. The van der Waals surface area contributed by atoms with Crippen LogP contribution in [0.4, 0.5) is 13.2 Å². The molecule has 0 spiro atoms. The number of carbonyl (C=O) groups is 1. The summed E-state index contributed by atoms with van der Waals surface area (Å²) in [6.45, 7) is 0. The number of aromatic nitrogens is 5. The second-order valence-electron chi connectivity index (χ2n) is 6.11. The maximum absolute atomic E-state index is 12.7. The van der Waals surface area contributed by atoms with E-state index in [0.29, 0.717) is 4.90 Å². The van der Waals surface area contributed by atoms with E-state index in [0.717, 1.165) is 0 Å². The van der Waals surface area contributed by atoms with Gasteiger partial charge in [-0.05, 0) is 24.3 Å². The zero-order valence-corrected chi connectivity index (χ0v) is 15.9. The van der Waals surface area contributed by atoms with Crippen LogP contribution in [0.15, 0.2) is 62.8 Å². The van der Waals surface area contributed by atoms with Crippen LogP contribution in [-0.2, 0) is 15.9 Å². The van der Waals surface area contributed by atoms with Gasteiger partial charge in [0, 0.05) is 36.6 Å². The second kappa shape index (κ2) is 7.02. The number of fused-ring (bicyclic) bond motifs is 1. The van der Waals surface area contributed by atoms with Crippen molar-refractivity contribution in [3.05, 3.63) is 60.6 Å². The minimum atomic E-state index is -4.76. The topological polar surface area (TPSA) is 116 Å². The Hall–Kier alpha value is -3.61. The maximum Gasteiger partial charge on any atom is 0.471 e. The third kappa shape index (κ3) is 3.78. The summed E-state index contributed by atoms with van der Waals surface area (Å²) in [5.74, 6) is -2.55. The molecular weight excluding hydrogens is 425 g/mol. The number of pyridine rings is 2. The fourth-order valence-electron chi connectivity index (χ4n) is 2.53. The predicted molar refractivity (Wildman–Crippen MR) is 96.8 cm³/mol. The van der Waals surface area contributed by atoms with Gasteiger partial charge < -0.3 is 8.92 Å². The minimum absolute atomic E-state index is 0.0835. The minimum Gasteiger partial charge on any atom is -0.329 e. The fourth-order valence-corrected chi connectivity index (χ4v) is 3.67. The van der Waals surface area contributed by atoms with Crippen LogP contribution < -0.4 is 0 Å². The second-order valence-corrected chi connectivity index (χ2v) is 8.37. The summed E-state index contributed by atoms with van der Waals surface area (Å²) in [5, 5.41) is 3.31. The molecule has 0 radical (unpaired) electrons. The smallest absolute Gasteiger partial charge is 0.329 e. The van der Waals surface area contributed by atoms with Crippen molar-refractivity contribution in [2.45, 2.75) is 11.1 Å². The van der Waals surface area contributed by atoms with Crippen LogP contribution in [0, 0.1) is 0 Å². The quantitative estimate of drug-likeness (QED) is 0.485. The van der Waals surface area contributed by atoms with E-state index >= 15 is 0 Å². The molecule has 1 atom stereocenters. The van der Waals surface area contributed by atoms with Gasteiger partial charge >= 0.3 is 18.0 Å². The first-order chi connectivity index (χ1) is 14.1. The number of rotatable bonds is 3. The first-order valence-corrected chi connectivity index (χ1v) is 10.1. The highest BCUT2D eigenvalue weighted by Gasteiger charge is 2.38. The molecule has 1 amide bonds. The van der Waals surface area contributed by atoms with Gasteiger partial charge in [-0.25, -0.2) is 9.19 Å². The van der Waals surface area contributed by atoms with E-state index in [2.05, 4.69) is 29.0 Å². The highest BCUT2D eigenvalue weighted by molar-refractivity contribution is 7.93. The molecule has 154 valence electrons. The highest BCUT2D eigenvalue weighted by Crippen LogP contribution is 2.29. The third-order valence-electron chi connectivity index (χ3n) is 3.95. The molecule has 0 fully saturated rings. The number of halogens is 3. The van der Waals surface area contributed by atoms with E-state index in [1.165, 1.54) is 59.7 Å². The summed E-state index contributed by atoms with van der Waals surface area (Å²) in [5.41, 5.74) is 0.357. The maximum atomic E-state index is 12.7. The molecule has 1 unspecified atom stereocenters. The van der Waals surface area contributed by atoms with Crippen molar-refractivity contribution < 1.29 is 26.7 Å². The summed E-state index contributed by atoms with van der Waals surface area (Å²) in [6.07, 6.45) is 2.27. The van der Waals surface area contributed by atoms with Crippen molar-refractivity contribution in [1.82, 2.24) is 24.5 Å². The molecule has 0 aromatic carbocycles. The number of alkyl halides is 3. The number of carbonyl (C=O) groups excluding carboxylic acids is 1. The summed E-state index contributed by atoms with van der Waals surface area (Å²) in [4.78, 5) is 24.1. The molecule has 0 N–H and O–H groups in total. The van der Waals surface area contributed by atoms with Gasteiger partial charge in [0.25, 0.3) is 0 Å². The molecule has 4 aromatic heterocycles. The SMILES string of the molecule is CS(=O)(=NC(=O)c1cn2ccc(-c3noc(C(F)(F)F)n3)cc2n1)c1ccncc1. The lowest BCUT2D eigenvalue weighted by molar-refractivity contribution is -0.159. The molecule has 0 aliphatic rings. The Balaban J connectivity index is 1.67. The summed E-state index contributed by atoms with van der Waals surface area (Å²) >= 11 is 0. The number of hydrogen-bond acceptors (Lipinski definition) is 7. The van der Waals surface area contributed by atoms with E-state index < -0.39 is 27.7 Å². The lowest BCUT2D eigenvalue weighted by atomic mass is 10.2. The zero-order valence-electron chi connectivity index (χ0n) is 15.1. The molecule has 9 nitrogen and oxygen atoms in total. The van der Waals surface area contributed by atoms with E-state index in [1.807, 2.05) is 0 Å². The Bertz CT molecular complexity index is 1370. The Labute approximate surface area is 166 Å². The molecule has 0 bridgehead atoms. The van der Waals surface area contributed by atoms with E-state index in [9.17, 15) is 22.2 Å². The Morgan fingerprint density at radius 2 is 1.93 bits per heavy atom. The molecule has 0 saturated heterocycles. The van der Waals surface area contributed by atoms with Crippen LogP contribution in [0.5, 0.6) is 0 Å². The standard InChI is InChI=1S/C17H11F3N6O3S/c1-30(28,11-2-5-21-6-3-11)25-15(27)12-9-26-7-4-10(8-13(26)22-12)14-23-16(29-24-14)17(18,19)20/h2-9H,1H3. The molecule has 0 aliphatic heterocycles. The first-order valence-electron chi connectivity index (χ1n) is 8.20. The van der Waals surface area contributed by atoms with Crippen LogP contribution in [0.3, 0.4) is 0 Å². The highest BCUT2D eigenvalue weighted by atomic mass is 32.2. The predicted octanol–water partition coefficient (Wildman–Crippen LogP) is 3.10. The molecule has 13 heteroatoms. The summed E-state index contributed by atoms with van der Waals surface area (Å²) < 4.78 is 60.1. The van der Waals surface area contributed by atoms with Gasteiger partial charge in [-0.3, -0.25) is 9.78 Å². The van der Waals surface area contributed by atoms with E-state index in [4.69, 9.17) is 0 Å². The van der Waals surface area contributed by atoms with Crippen LogP contribution in [0.1, 0.15) is 16.4 Å². The lowest BCUT2D eigenvalue weighted by Gasteiger charge is -2.01. The average Bonchev–Trinajstić information content (AvgIpc) is 3.35. The molecule has 4 rings (SSSR count). The Morgan fingerprint density at radius 1 is 1.20 bits per heavy atom. The largest absolute Gasteiger partial charge is 0.471 e. The zero-order chi connectivity index (χ0) is 21.5. The fraction of sp³-hybridized carbons (Fsp3) is 0.118.